The second-order valence-electron chi connectivity index (χ2n) is 3.00. The number of hydrogen-bond acceptors (Lipinski definition) is 0. The third-order valence-corrected chi connectivity index (χ3v) is 1.83. The minimum absolute atomic E-state index is 0.620. The second kappa shape index (κ2) is 4.82. The number of alkyl halides is 3. The van der Waals surface area contributed by atoms with Crippen molar-refractivity contribution in [1.29, 1.82) is 0 Å². The molecule has 3 heteroatoms. The fourth-order valence-electron chi connectivity index (χ4n) is 1.06. The topological polar surface area (TPSA) is 0 Å². The van der Waals surface area contributed by atoms with E-state index in [0.717, 1.165) is 17.7 Å². The van der Waals surface area contributed by atoms with Gasteiger partial charge in [0.2, 0.25) is 0 Å². The lowest BCUT2D eigenvalue weighted by Crippen LogP contribution is -2.03. The second-order valence-corrected chi connectivity index (χ2v) is 3.00. The van der Waals surface area contributed by atoms with Crippen molar-refractivity contribution in [3.8, 4) is 0 Å². The van der Waals surface area contributed by atoms with E-state index in [1.54, 1.807) is 12.2 Å². The van der Waals surface area contributed by atoms with Crippen LogP contribution in [0.25, 0.3) is 6.08 Å². The minimum Gasteiger partial charge on any atom is -0.166 e. The van der Waals surface area contributed by atoms with E-state index in [1.807, 2.05) is 19.1 Å². The Hall–Kier alpha value is -1.51. The average molecular weight is 212 g/mol. The Morgan fingerprint density at radius 1 is 1.00 bits per heavy atom. The van der Waals surface area contributed by atoms with Gasteiger partial charge < -0.3 is 0 Å². The molecule has 0 aliphatic heterocycles. The predicted molar refractivity (Wildman–Crippen MR) is 55.3 cm³/mol. The lowest BCUT2D eigenvalue weighted by atomic mass is 10.1. The van der Waals surface area contributed by atoms with E-state index in [1.165, 1.54) is 12.1 Å². The highest BCUT2D eigenvalue weighted by Gasteiger charge is 2.29. The molecule has 0 N–H and O–H groups in total. The molecule has 0 aliphatic carbocycles. The Bertz CT molecular complexity index is 355. The highest BCUT2D eigenvalue weighted by atomic mass is 19.4. The molecule has 1 aromatic rings. The average Bonchev–Trinajstić information content (AvgIpc) is 2.18. The summed E-state index contributed by atoms with van der Waals surface area (Å²) in [6.45, 7) is 1.87. The monoisotopic (exact) mass is 212 g/mol. The van der Waals surface area contributed by atoms with E-state index < -0.39 is 11.7 Å². The van der Waals surface area contributed by atoms with Gasteiger partial charge in [0.1, 0.15) is 0 Å². The van der Waals surface area contributed by atoms with E-state index in [2.05, 4.69) is 0 Å². The van der Waals surface area contributed by atoms with Crippen molar-refractivity contribution < 1.29 is 13.2 Å². The molecule has 1 rings (SSSR count). The van der Waals surface area contributed by atoms with Crippen LogP contribution in [0.15, 0.2) is 42.5 Å². The van der Waals surface area contributed by atoms with Crippen molar-refractivity contribution >= 4 is 6.08 Å². The van der Waals surface area contributed by atoms with Crippen LogP contribution in [-0.2, 0) is 6.18 Å². The molecule has 0 atom stereocenters. The van der Waals surface area contributed by atoms with Gasteiger partial charge >= 0.3 is 6.18 Å². The maximum Gasteiger partial charge on any atom is 0.416 e. The molecule has 0 heterocycles. The maximum absolute atomic E-state index is 12.2. The van der Waals surface area contributed by atoms with Crippen LogP contribution in [0.2, 0.25) is 0 Å². The zero-order valence-corrected chi connectivity index (χ0v) is 8.25. The van der Waals surface area contributed by atoms with Gasteiger partial charge in [0.15, 0.2) is 0 Å². The van der Waals surface area contributed by atoms with Gasteiger partial charge in [0.25, 0.3) is 0 Å². The highest BCUT2D eigenvalue weighted by molar-refractivity contribution is 5.51. The molecule has 0 nitrogen and oxygen atoms in total. The molecule has 0 saturated heterocycles. The molecular weight excluding hydrogens is 201 g/mol. The Balaban J connectivity index is 2.81. The zero-order chi connectivity index (χ0) is 11.3. The van der Waals surface area contributed by atoms with Crippen molar-refractivity contribution in [3.63, 3.8) is 0 Å². The normalized spacial score (nSPS) is 12.8. The first kappa shape index (κ1) is 11.6. The molecule has 0 radical (unpaired) electrons. The van der Waals surface area contributed by atoms with Crippen LogP contribution in [0.3, 0.4) is 0 Å². The van der Waals surface area contributed by atoms with Gasteiger partial charge in [-0.15, -0.1) is 0 Å². The summed E-state index contributed by atoms with van der Waals surface area (Å²) in [5.74, 6) is 0. The first-order valence-corrected chi connectivity index (χ1v) is 4.50. The Labute approximate surface area is 86.7 Å². The van der Waals surface area contributed by atoms with E-state index in [-0.39, 0.29) is 0 Å². The molecule has 0 saturated carbocycles. The standard InChI is InChI=1S/C12H11F3/c1-2-3-4-5-10-6-8-11(9-7-10)12(13,14)15/h2-9H,1H3/b3-2+,5-4+. The van der Waals surface area contributed by atoms with Crippen molar-refractivity contribution in [2.24, 2.45) is 0 Å². The summed E-state index contributed by atoms with van der Waals surface area (Å²) in [7, 11) is 0. The summed E-state index contributed by atoms with van der Waals surface area (Å²) in [5.41, 5.74) is 0.131. The number of halogens is 3. The van der Waals surface area contributed by atoms with Gasteiger partial charge in [-0.2, -0.15) is 13.2 Å². The lowest BCUT2D eigenvalue weighted by molar-refractivity contribution is -0.137. The van der Waals surface area contributed by atoms with Crippen LogP contribution < -0.4 is 0 Å². The van der Waals surface area contributed by atoms with Gasteiger partial charge in [0, 0.05) is 0 Å². The first-order valence-electron chi connectivity index (χ1n) is 4.50. The van der Waals surface area contributed by atoms with Crippen molar-refractivity contribution in [3.05, 3.63) is 53.6 Å². The van der Waals surface area contributed by atoms with Gasteiger partial charge in [-0.05, 0) is 24.6 Å². The quantitative estimate of drug-likeness (QED) is 0.641. The van der Waals surface area contributed by atoms with Crippen molar-refractivity contribution in [1.82, 2.24) is 0 Å². The molecular formula is C12H11F3. The SMILES string of the molecule is C/C=C/C=C/c1ccc(C(F)(F)F)cc1. The summed E-state index contributed by atoms with van der Waals surface area (Å²) in [6, 6.07) is 5.05. The number of benzene rings is 1. The first-order chi connectivity index (χ1) is 7.04. The molecule has 0 unspecified atom stereocenters. The fraction of sp³-hybridized carbons (Fsp3) is 0.167. The van der Waals surface area contributed by atoms with Crippen molar-refractivity contribution in [2.75, 3.05) is 0 Å². The van der Waals surface area contributed by atoms with Gasteiger partial charge in [-0.25, -0.2) is 0 Å². The molecule has 15 heavy (non-hydrogen) atoms. The molecule has 0 aromatic heterocycles. The third kappa shape index (κ3) is 3.62. The third-order valence-electron chi connectivity index (χ3n) is 1.83. The summed E-state index contributed by atoms with van der Waals surface area (Å²) in [5, 5.41) is 0. The molecule has 80 valence electrons. The summed E-state index contributed by atoms with van der Waals surface area (Å²) in [4.78, 5) is 0. The smallest absolute Gasteiger partial charge is 0.166 e. The summed E-state index contributed by atoms with van der Waals surface area (Å²) in [6.07, 6.45) is 2.94. The van der Waals surface area contributed by atoms with Crippen LogP contribution in [0.5, 0.6) is 0 Å². The predicted octanol–water partition coefficient (Wildman–Crippen LogP) is 4.29. The Morgan fingerprint density at radius 2 is 1.60 bits per heavy atom. The Kier molecular flexibility index (Phi) is 3.72. The number of rotatable bonds is 2. The molecule has 0 bridgehead atoms. The minimum atomic E-state index is -4.26. The fourth-order valence-corrected chi connectivity index (χ4v) is 1.06. The van der Waals surface area contributed by atoms with Gasteiger partial charge in [-0.3, -0.25) is 0 Å². The molecule has 0 aliphatic rings. The highest BCUT2D eigenvalue weighted by Crippen LogP contribution is 2.29. The molecule has 0 fully saturated rings. The van der Waals surface area contributed by atoms with Crippen molar-refractivity contribution in [2.45, 2.75) is 13.1 Å². The lowest BCUT2D eigenvalue weighted by Gasteiger charge is -2.05. The van der Waals surface area contributed by atoms with Crippen LogP contribution in [0.4, 0.5) is 13.2 Å². The van der Waals surface area contributed by atoms with Crippen LogP contribution >= 0.6 is 0 Å². The van der Waals surface area contributed by atoms with E-state index in [4.69, 9.17) is 0 Å². The summed E-state index contributed by atoms with van der Waals surface area (Å²) < 4.78 is 36.6. The van der Waals surface area contributed by atoms with E-state index in [9.17, 15) is 13.2 Å². The van der Waals surface area contributed by atoms with Gasteiger partial charge in [0.05, 0.1) is 5.56 Å². The van der Waals surface area contributed by atoms with Crippen LogP contribution in [0, 0.1) is 0 Å². The van der Waals surface area contributed by atoms with E-state index >= 15 is 0 Å². The van der Waals surface area contributed by atoms with Crippen LogP contribution in [-0.4, -0.2) is 0 Å². The Morgan fingerprint density at radius 3 is 2.07 bits per heavy atom. The molecule has 0 spiro atoms. The zero-order valence-electron chi connectivity index (χ0n) is 8.25. The molecule has 0 amide bonds. The van der Waals surface area contributed by atoms with Crippen LogP contribution in [0.1, 0.15) is 18.1 Å². The maximum atomic E-state index is 12.2. The largest absolute Gasteiger partial charge is 0.416 e. The summed E-state index contributed by atoms with van der Waals surface area (Å²) >= 11 is 0. The number of hydrogen-bond donors (Lipinski definition) is 0. The van der Waals surface area contributed by atoms with E-state index in [0.29, 0.717) is 0 Å². The van der Waals surface area contributed by atoms with Gasteiger partial charge in [-0.1, -0.05) is 36.4 Å². The molecule has 1 aromatic carbocycles. The number of allylic oxidation sites excluding steroid dienone is 3.